The van der Waals surface area contributed by atoms with Crippen molar-refractivity contribution in [1.82, 2.24) is 9.97 Å². The molecule has 0 radical (unpaired) electrons. The summed E-state index contributed by atoms with van der Waals surface area (Å²) in [7, 11) is 0. The molecule has 5 rings (SSSR count). The summed E-state index contributed by atoms with van der Waals surface area (Å²) in [6.07, 6.45) is 4.39. The quantitative estimate of drug-likeness (QED) is 0.454. The minimum Gasteiger partial charge on any atom is -0.489 e. The zero-order chi connectivity index (χ0) is 19.8. The van der Waals surface area contributed by atoms with E-state index in [9.17, 15) is 4.79 Å². The largest absolute Gasteiger partial charge is 0.489 e. The normalized spacial score (nSPS) is 13.4. The zero-order valence-electron chi connectivity index (χ0n) is 15.7. The van der Waals surface area contributed by atoms with Gasteiger partial charge in [-0.25, -0.2) is 4.98 Å². The second-order valence-electron chi connectivity index (χ2n) is 7.25. The minimum atomic E-state index is -0.0348. The molecule has 2 heterocycles. The van der Waals surface area contributed by atoms with Crippen LogP contribution >= 0.6 is 22.9 Å². The summed E-state index contributed by atoms with van der Waals surface area (Å²) in [4.78, 5) is 22.6. The number of benzene rings is 2. The number of fused-ring (bicyclic) bond motifs is 3. The van der Waals surface area contributed by atoms with E-state index in [0.717, 1.165) is 46.4 Å². The maximum Gasteiger partial charge on any atom is 0.260 e. The Morgan fingerprint density at radius 1 is 1.03 bits per heavy atom. The molecule has 2 aromatic heterocycles. The molecular formula is C23H19ClN2O2S. The number of hydrogen-bond donors (Lipinski definition) is 1. The Labute approximate surface area is 177 Å². The highest BCUT2D eigenvalue weighted by atomic mass is 35.5. The second-order valence-corrected chi connectivity index (χ2v) is 8.77. The number of aromatic amines is 1. The van der Waals surface area contributed by atoms with Gasteiger partial charge in [0.15, 0.2) is 0 Å². The first-order valence-electron chi connectivity index (χ1n) is 9.69. The van der Waals surface area contributed by atoms with Crippen LogP contribution in [-0.4, -0.2) is 9.97 Å². The number of H-pyrrole nitrogens is 1. The van der Waals surface area contributed by atoms with Crippen molar-refractivity contribution in [2.75, 3.05) is 0 Å². The molecule has 146 valence electrons. The van der Waals surface area contributed by atoms with Gasteiger partial charge in [-0.3, -0.25) is 4.79 Å². The van der Waals surface area contributed by atoms with Crippen molar-refractivity contribution in [3.8, 4) is 17.1 Å². The van der Waals surface area contributed by atoms with Crippen LogP contribution in [-0.2, 0) is 19.4 Å². The standard InChI is InChI=1S/C23H19ClN2O2S/c24-16-9-5-14(6-10-16)13-28-17-11-7-15(8-12-17)21-25-22(27)20-18-3-1-2-4-19(18)29-23(20)26-21/h5-12H,1-4,13H2,(H,25,26,27). The maximum atomic E-state index is 12.7. The Morgan fingerprint density at radius 3 is 2.59 bits per heavy atom. The van der Waals surface area contributed by atoms with Crippen LogP contribution in [0.4, 0.5) is 0 Å². The Morgan fingerprint density at radius 2 is 1.79 bits per heavy atom. The van der Waals surface area contributed by atoms with Gasteiger partial charge in [0.25, 0.3) is 5.56 Å². The molecule has 0 spiro atoms. The summed E-state index contributed by atoms with van der Waals surface area (Å²) in [6.45, 7) is 0.471. The van der Waals surface area contributed by atoms with E-state index < -0.39 is 0 Å². The van der Waals surface area contributed by atoms with Crippen LogP contribution in [0.15, 0.2) is 53.3 Å². The van der Waals surface area contributed by atoms with Crippen molar-refractivity contribution < 1.29 is 4.74 Å². The summed E-state index contributed by atoms with van der Waals surface area (Å²) in [5.41, 5.74) is 3.10. The van der Waals surface area contributed by atoms with Gasteiger partial charge in [0, 0.05) is 15.5 Å². The minimum absolute atomic E-state index is 0.0348. The SMILES string of the molecule is O=c1[nH]c(-c2ccc(OCc3ccc(Cl)cc3)cc2)nc2sc3c(c12)CCCC3. The molecule has 0 atom stereocenters. The average molecular weight is 423 g/mol. The number of halogens is 1. The first-order valence-corrected chi connectivity index (χ1v) is 10.9. The van der Waals surface area contributed by atoms with E-state index in [1.54, 1.807) is 11.3 Å². The molecule has 1 aliphatic carbocycles. The monoisotopic (exact) mass is 422 g/mol. The molecule has 4 nitrogen and oxygen atoms in total. The molecule has 6 heteroatoms. The molecule has 2 aromatic carbocycles. The van der Waals surface area contributed by atoms with Crippen molar-refractivity contribution in [3.63, 3.8) is 0 Å². The molecule has 0 saturated carbocycles. The lowest BCUT2D eigenvalue weighted by Crippen LogP contribution is -2.11. The van der Waals surface area contributed by atoms with Gasteiger partial charge < -0.3 is 9.72 Å². The van der Waals surface area contributed by atoms with Crippen molar-refractivity contribution >= 4 is 33.2 Å². The number of nitrogens with one attached hydrogen (secondary N) is 1. The van der Waals surface area contributed by atoms with Crippen molar-refractivity contribution in [3.05, 3.63) is 79.9 Å². The van der Waals surface area contributed by atoms with E-state index in [2.05, 4.69) is 4.98 Å². The molecule has 29 heavy (non-hydrogen) atoms. The van der Waals surface area contributed by atoms with Crippen molar-refractivity contribution in [2.24, 2.45) is 0 Å². The first-order chi connectivity index (χ1) is 14.2. The number of thiophene rings is 1. The van der Waals surface area contributed by atoms with Crippen LogP contribution in [0.25, 0.3) is 21.6 Å². The third kappa shape index (κ3) is 3.68. The Kier molecular flexibility index (Phi) is 4.86. The van der Waals surface area contributed by atoms with Crippen molar-refractivity contribution in [2.45, 2.75) is 32.3 Å². The second kappa shape index (κ2) is 7.65. The van der Waals surface area contributed by atoms with Crippen molar-refractivity contribution in [1.29, 1.82) is 0 Å². The lowest BCUT2D eigenvalue weighted by atomic mass is 9.97. The molecule has 0 bridgehead atoms. The highest BCUT2D eigenvalue weighted by Gasteiger charge is 2.20. The molecule has 0 unspecified atom stereocenters. The number of aromatic nitrogens is 2. The van der Waals surface area contributed by atoms with Gasteiger partial charge in [0.1, 0.15) is 23.0 Å². The smallest absolute Gasteiger partial charge is 0.260 e. The van der Waals surface area contributed by atoms with Crippen LogP contribution in [0.1, 0.15) is 28.8 Å². The van der Waals surface area contributed by atoms with Crippen LogP contribution in [0, 0.1) is 0 Å². The maximum absolute atomic E-state index is 12.7. The Hall–Kier alpha value is -2.63. The molecule has 0 amide bonds. The first kappa shape index (κ1) is 18.4. The van der Waals surface area contributed by atoms with E-state index in [4.69, 9.17) is 21.3 Å². The predicted molar refractivity (Wildman–Crippen MR) is 118 cm³/mol. The highest BCUT2D eigenvalue weighted by Crippen LogP contribution is 2.34. The number of aryl methyl sites for hydroxylation is 2. The fourth-order valence-corrected chi connectivity index (χ4v) is 5.14. The topological polar surface area (TPSA) is 55.0 Å². The molecule has 0 aliphatic heterocycles. The third-order valence-corrected chi connectivity index (χ3v) is 6.71. The summed E-state index contributed by atoms with van der Waals surface area (Å²) >= 11 is 7.58. The van der Waals surface area contributed by atoms with E-state index in [1.165, 1.54) is 16.9 Å². The number of hydrogen-bond acceptors (Lipinski definition) is 4. The van der Waals surface area contributed by atoms with Gasteiger partial charge in [-0.2, -0.15) is 0 Å². The van der Waals surface area contributed by atoms with Crippen LogP contribution in [0.3, 0.4) is 0 Å². The fraction of sp³-hybridized carbons (Fsp3) is 0.217. The number of nitrogens with zero attached hydrogens (tertiary/aromatic N) is 1. The lowest BCUT2D eigenvalue weighted by molar-refractivity contribution is 0.306. The average Bonchev–Trinajstić information content (AvgIpc) is 3.13. The molecule has 1 aliphatic rings. The molecular weight excluding hydrogens is 404 g/mol. The van der Waals surface area contributed by atoms with Gasteiger partial charge >= 0.3 is 0 Å². The molecule has 0 saturated heterocycles. The van der Waals surface area contributed by atoms with Gasteiger partial charge in [-0.1, -0.05) is 23.7 Å². The highest BCUT2D eigenvalue weighted by molar-refractivity contribution is 7.18. The summed E-state index contributed by atoms with van der Waals surface area (Å²) in [6, 6.07) is 15.2. The van der Waals surface area contributed by atoms with E-state index in [-0.39, 0.29) is 5.56 Å². The van der Waals surface area contributed by atoms with Gasteiger partial charge in [0.2, 0.25) is 0 Å². The van der Waals surface area contributed by atoms with E-state index in [1.807, 2.05) is 48.5 Å². The molecule has 4 aromatic rings. The molecule has 0 fully saturated rings. The predicted octanol–water partition coefficient (Wildman–Crippen LogP) is 5.76. The fourth-order valence-electron chi connectivity index (χ4n) is 3.76. The Balaban J connectivity index is 1.38. The van der Waals surface area contributed by atoms with Crippen LogP contribution < -0.4 is 10.3 Å². The molecule has 1 N–H and O–H groups in total. The van der Waals surface area contributed by atoms with Gasteiger partial charge in [-0.15, -0.1) is 11.3 Å². The van der Waals surface area contributed by atoms with E-state index in [0.29, 0.717) is 17.5 Å². The lowest BCUT2D eigenvalue weighted by Gasteiger charge is -2.09. The Bertz CT molecular complexity index is 1230. The van der Waals surface area contributed by atoms with Gasteiger partial charge in [0.05, 0.1) is 5.39 Å². The summed E-state index contributed by atoms with van der Waals surface area (Å²) in [5, 5.41) is 1.50. The summed E-state index contributed by atoms with van der Waals surface area (Å²) in [5.74, 6) is 1.36. The number of rotatable bonds is 4. The van der Waals surface area contributed by atoms with Crippen LogP contribution in [0.2, 0.25) is 5.02 Å². The van der Waals surface area contributed by atoms with Crippen LogP contribution in [0.5, 0.6) is 5.75 Å². The summed E-state index contributed by atoms with van der Waals surface area (Å²) < 4.78 is 5.84. The number of ether oxygens (including phenoxy) is 1. The van der Waals surface area contributed by atoms with E-state index >= 15 is 0 Å². The zero-order valence-corrected chi connectivity index (χ0v) is 17.3. The third-order valence-electron chi connectivity index (χ3n) is 5.27. The van der Waals surface area contributed by atoms with Gasteiger partial charge in [-0.05, 0) is 73.2 Å².